The van der Waals surface area contributed by atoms with Gasteiger partial charge in [-0.1, -0.05) is 38.1 Å². The molecule has 0 heterocycles. The third-order valence-electron chi connectivity index (χ3n) is 3.57. The second-order valence-corrected chi connectivity index (χ2v) is 4.34. The molecule has 0 aromatic heterocycles. The summed E-state index contributed by atoms with van der Waals surface area (Å²) < 4.78 is 0. The molecular weight excluding hydrogens is 160 g/mol. The van der Waals surface area contributed by atoms with Crippen molar-refractivity contribution < 1.29 is 5.11 Å². The van der Waals surface area contributed by atoms with E-state index in [1.807, 2.05) is 0 Å². The van der Waals surface area contributed by atoms with Crippen LogP contribution in [0.25, 0.3) is 0 Å². The zero-order valence-electron chi connectivity index (χ0n) is 8.25. The summed E-state index contributed by atoms with van der Waals surface area (Å²) in [5.74, 6) is 0.551. The smallest absolute Gasteiger partial charge is 0.0528 e. The van der Waals surface area contributed by atoms with Crippen LogP contribution in [-0.2, 0) is 11.8 Å². The number of aliphatic hydroxyl groups is 1. The Bertz CT molecular complexity index is 319. The highest BCUT2D eigenvalue weighted by Crippen LogP contribution is 2.42. The van der Waals surface area contributed by atoms with Crippen molar-refractivity contribution >= 4 is 0 Å². The Balaban J connectivity index is 2.52. The fourth-order valence-electron chi connectivity index (χ4n) is 2.32. The van der Waals surface area contributed by atoms with Crippen LogP contribution in [0.4, 0.5) is 0 Å². The van der Waals surface area contributed by atoms with Gasteiger partial charge in [-0.3, -0.25) is 0 Å². The minimum absolute atomic E-state index is 0.0173. The van der Waals surface area contributed by atoms with E-state index >= 15 is 0 Å². The molecule has 2 rings (SSSR count). The molecule has 1 aliphatic carbocycles. The van der Waals surface area contributed by atoms with Crippen LogP contribution >= 0.6 is 0 Å². The first-order valence-corrected chi connectivity index (χ1v) is 4.87. The van der Waals surface area contributed by atoms with Crippen LogP contribution in [-0.4, -0.2) is 11.7 Å². The molecule has 0 radical (unpaired) electrons. The van der Waals surface area contributed by atoms with Crippen LogP contribution in [0, 0.1) is 5.92 Å². The summed E-state index contributed by atoms with van der Waals surface area (Å²) in [5.41, 5.74) is 2.73. The highest BCUT2D eigenvalue weighted by Gasteiger charge is 2.39. The molecule has 0 fully saturated rings. The third-order valence-corrected chi connectivity index (χ3v) is 3.57. The zero-order chi connectivity index (χ0) is 9.47. The summed E-state index contributed by atoms with van der Waals surface area (Å²) in [6, 6.07) is 8.46. The van der Waals surface area contributed by atoms with E-state index in [9.17, 15) is 5.11 Å². The Kier molecular flexibility index (Phi) is 1.92. The van der Waals surface area contributed by atoms with Gasteiger partial charge in [0.2, 0.25) is 0 Å². The molecule has 1 aliphatic rings. The molecule has 0 saturated heterocycles. The first-order chi connectivity index (χ1) is 6.18. The van der Waals surface area contributed by atoms with Crippen molar-refractivity contribution in [2.24, 2.45) is 5.92 Å². The highest BCUT2D eigenvalue weighted by atomic mass is 16.3. The lowest BCUT2D eigenvalue weighted by molar-refractivity contribution is 0.169. The Morgan fingerprint density at radius 1 is 1.46 bits per heavy atom. The van der Waals surface area contributed by atoms with E-state index < -0.39 is 0 Å². The molecule has 1 aromatic carbocycles. The predicted molar refractivity (Wildman–Crippen MR) is 53.7 cm³/mol. The Morgan fingerprint density at radius 2 is 2.15 bits per heavy atom. The lowest BCUT2D eigenvalue weighted by Crippen LogP contribution is -2.30. The molecule has 2 atom stereocenters. The van der Waals surface area contributed by atoms with E-state index in [0.29, 0.717) is 5.92 Å². The average Bonchev–Trinajstić information content (AvgIpc) is 2.41. The van der Waals surface area contributed by atoms with E-state index in [-0.39, 0.29) is 12.0 Å². The SMILES string of the molecule is CC1Cc2ccccc2C1(C)CO. The number of benzene rings is 1. The van der Waals surface area contributed by atoms with Gasteiger partial charge in [0.25, 0.3) is 0 Å². The minimum atomic E-state index is -0.0173. The van der Waals surface area contributed by atoms with Crippen molar-refractivity contribution in [2.75, 3.05) is 6.61 Å². The van der Waals surface area contributed by atoms with Gasteiger partial charge in [0.15, 0.2) is 0 Å². The molecule has 0 saturated carbocycles. The molecule has 1 nitrogen and oxygen atoms in total. The fraction of sp³-hybridized carbons (Fsp3) is 0.500. The molecule has 0 aliphatic heterocycles. The average molecular weight is 176 g/mol. The molecule has 1 heteroatoms. The number of aliphatic hydroxyl groups excluding tert-OH is 1. The fourth-order valence-corrected chi connectivity index (χ4v) is 2.32. The van der Waals surface area contributed by atoms with Crippen LogP contribution in [0.2, 0.25) is 0 Å². The van der Waals surface area contributed by atoms with Crippen molar-refractivity contribution in [1.82, 2.24) is 0 Å². The summed E-state index contributed by atoms with van der Waals surface area (Å²) in [6.45, 7) is 4.63. The summed E-state index contributed by atoms with van der Waals surface area (Å²) in [4.78, 5) is 0. The highest BCUT2D eigenvalue weighted by molar-refractivity contribution is 5.39. The van der Waals surface area contributed by atoms with Crippen molar-refractivity contribution in [1.29, 1.82) is 0 Å². The Morgan fingerprint density at radius 3 is 2.85 bits per heavy atom. The molecule has 2 unspecified atom stereocenters. The molecule has 13 heavy (non-hydrogen) atoms. The van der Waals surface area contributed by atoms with Gasteiger partial charge >= 0.3 is 0 Å². The summed E-state index contributed by atoms with van der Waals surface area (Å²) >= 11 is 0. The molecule has 70 valence electrons. The maximum absolute atomic E-state index is 9.44. The van der Waals surface area contributed by atoms with Crippen LogP contribution in [0.3, 0.4) is 0 Å². The minimum Gasteiger partial charge on any atom is -0.395 e. The van der Waals surface area contributed by atoms with E-state index in [2.05, 4.69) is 38.1 Å². The van der Waals surface area contributed by atoms with Crippen molar-refractivity contribution in [3.8, 4) is 0 Å². The molecule has 0 amide bonds. The standard InChI is InChI=1S/C12H16O/c1-9-7-10-5-3-4-6-11(10)12(9,2)8-13/h3-6,9,13H,7-8H2,1-2H3. The number of fused-ring (bicyclic) bond motifs is 1. The first kappa shape index (κ1) is 8.76. The normalized spacial score (nSPS) is 31.8. The van der Waals surface area contributed by atoms with Gasteiger partial charge in [-0.25, -0.2) is 0 Å². The van der Waals surface area contributed by atoms with E-state index in [4.69, 9.17) is 0 Å². The van der Waals surface area contributed by atoms with Gasteiger partial charge in [0, 0.05) is 5.41 Å². The number of hydrogen-bond donors (Lipinski definition) is 1. The van der Waals surface area contributed by atoms with Crippen LogP contribution in [0.5, 0.6) is 0 Å². The van der Waals surface area contributed by atoms with E-state index in [1.54, 1.807) is 0 Å². The third kappa shape index (κ3) is 1.11. The molecule has 0 bridgehead atoms. The van der Waals surface area contributed by atoms with Gasteiger partial charge in [-0.05, 0) is 23.5 Å². The molecular formula is C12H16O. The van der Waals surface area contributed by atoms with Crippen molar-refractivity contribution in [3.63, 3.8) is 0 Å². The largest absolute Gasteiger partial charge is 0.395 e. The Labute approximate surface area is 79.4 Å². The maximum Gasteiger partial charge on any atom is 0.0528 e. The second kappa shape index (κ2) is 2.85. The molecule has 0 spiro atoms. The van der Waals surface area contributed by atoms with E-state index in [1.165, 1.54) is 11.1 Å². The maximum atomic E-state index is 9.44. The zero-order valence-corrected chi connectivity index (χ0v) is 8.25. The van der Waals surface area contributed by atoms with Gasteiger partial charge < -0.3 is 5.11 Å². The van der Waals surface area contributed by atoms with Crippen LogP contribution in [0.1, 0.15) is 25.0 Å². The van der Waals surface area contributed by atoms with Gasteiger partial charge in [-0.2, -0.15) is 0 Å². The predicted octanol–water partition coefficient (Wildman–Crippen LogP) is 2.13. The quantitative estimate of drug-likeness (QED) is 0.695. The van der Waals surface area contributed by atoms with Gasteiger partial charge in [-0.15, -0.1) is 0 Å². The van der Waals surface area contributed by atoms with Crippen LogP contribution < -0.4 is 0 Å². The van der Waals surface area contributed by atoms with E-state index in [0.717, 1.165) is 6.42 Å². The lowest BCUT2D eigenvalue weighted by Gasteiger charge is -2.27. The second-order valence-electron chi connectivity index (χ2n) is 4.34. The Hall–Kier alpha value is -0.820. The topological polar surface area (TPSA) is 20.2 Å². The molecule has 1 N–H and O–H groups in total. The van der Waals surface area contributed by atoms with Gasteiger partial charge in [0.05, 0.1) is 6.61 Å². The monoisotopic (exact) mass is 176 g/mol. The lowest BCUT2D eigenvalue weighted by atomic mass is 9.78. The first-order valence-electron chi connectivity index (χ1n) is 4.87. The van der Waals surface area contributed by atoms with Crippen molar-refractivity contribution in [3.05, 3.63) is 35.4 Å². The number of rotatable bonds is 1. The summed E-state index contributed by atoms with van der Waals surface area (Å²) in [7, 11) is 0. The number of hydrogen-bond acceptors (Lipinski definition) is 1. The summed E-state index contributed by atoms with van der Waals surface area (Å²) in [5, 5.41) is 9.44. The van der Waals surface area contributed by atoms with Gasteiger partial charge in [0.1, 0.15) is 0 Å². The van der Waals surface area contributed by atoms with Crippen molar-refractivity contribution in [2.45, 2.75) is 25.7 Å². The molecule has 1 aromatic rings. The summed E-state index contributed by atoms with van der Waals surface area (Å²) in [6.07, 6.45) is 1.10. The van der Waals surface area contributed by atoms with Crippen LogP contribution in [0.15, 0.2) is 24.3 Å².